The quantitative estimate of drug-likeness (QED) is 0.887. The molecule has 1 saturated heterocycles. The third-order valence-corrected chi connectivity index (χ3v) is 4.64. The predicted octanol–water partition coefficient (Wildman–Crippen LogP) is 2.96. The lowest BCUT2D eigenvalue weighted by Gasteiger charge is -2.18. The first-order chi connectivity index (χ1) is 9.81. The summed E-state index contributed by atoms with van der Waals surface area (Å²) in [5.74, 6) is 2.15. The fraction of sp³-hybridized carbons (Fsp3) is 0.571. The number of fused-ring (bicyclic) bond motifs is 1. The predicted molar refractivity (Wildman–Crippen MR) is 83.6 cm³/mol. The largest absolute Gasteiger partial charge is 0.378 e. The Morgan fingerprint density at radius 3 is 3.15 bits per heavy atom. The van der Waals surface area contributed by atoms with Gasteiger partial charge in [-0.2, -0.15) is 4.98 Å². The molecule has 2 unspecified atom stereocenters. The number of anilines is 2. The van der Waals surface area contributed by atoms with E-state index in [4.69, 9.17) is 4.74 Å². The average Bonchev–Trinajstić information content (AvgIpc) is 3.12. The van der Waals surface area contributed by atoms with Gasteiger partial charge in [0.1, 0.15) is 10.6 Å². The van der Waals surface area contributed by atoms with Crippen LogP contribution in [-0.2, 0) is 4.74 Å². The molecule has 0 saturated carbocycles. The van der Waals surface area contributed by atoms with Crippen molar-refractivity contribution in [2.24, 2.45) is 5.92 Å². The number of rotatable bonds is 5. The fourth-order valence-corrected chi connectivity index (χ4v) is 3.47. The Balaban J connectivity index is 1.78. The molecule has 3 heterocycles. The Morgan fingerprint density at radius 2 is 2.35 bits per heavy atom. The number of thiophene rings is 1. The number of ether oxygens (including phenoxy) is 1. The molecule has 20 heavy (non-hydrogen) atoms. The zero-order valence-electron chi connectivity index (χ0n) is 11.8. The van der Waals surface area contributed by atoms with Gasteiger partial charge in [-0.1, -0.05) is 6.92 Å². The van der Waals surface area contributed by atoms with E-state index in [0.29, 0.717) is 18.0 Å². The number of nitrogens with one attached hydrogen (secondary N) is 2. The Bertz CT molecular complexity index is 586. The molecule has 2 atom stereocenters. The number of hydrogen-bond acceptors (Lipinski definition) is 6. The minimum Gasteiger partial charge on any atom is -0.378 e. The molecular formula is C14H20N4OS. The van der Waals surface area contributed by atoms with E-state index in [1.807, 2.05) is 7.05 Å². The molecule has 1 aliphatic heterocycles. The molecule has 2 aromatic rings. The number of hydrogen-bond donors (Lipinski definition) is 2. The second-order valence-electron chi connectivity index (χ2n) is 5.03. The number of aromatic nitrogens is 2. The van der Waals surface area contributed by atoms with Crippen LogP contribution in [0.3, 0.4) is 0 Å². The lowest BCUT2D eigenvalue weighted by Crippen LogP contribution is -2.23. The van der Waals surface area contributed by atoms with Crippen molar-refractivity contribution < 1.29 is 4.74 Å². The van der Waals surface area contributed by atoms with Gasteiger partial charge in [0.15, 0.2) is 0 Å². The van der Waals surface area contributed by atoms with Crippen molar-refractivity contribution in [2.45, 2.75) is 25.9 Å². The van der Waals surface area contributed by atoms with Crippen LogP contribution in [0.2, 0.25) is 0 Å². The first-order valence-corrected chi connectivity index (χ1v) is 7.98. The summed E-state index contributed by atoms with van der Waals surface area (Å²) in [6.45, 7) is 3.97. The van der Waals surface area contributed by atoms with Crippen molar-refractivity contribution in [1.82, 2.24) is 9.97 Å². The van der Waals surface area contributed by atoms with Crippen LogP contribution in [-0.4, -0.2) is 36.3 Å². The molecular weight excluding hydrogens is 272 g/mol. The molecule has 5 nitrogen and oxygen atoms in total. The monoisotopic (exact) mass is 292 g/mol. The third kappa shape index (κ3) is 2.58. The second-order valence-corrected chi connectivity index (χ2v) is 5.93. The van der Waals surface area contributed by atoms with Crippen LogP contribution in [0.4, 0.5) is 11.8 Å². The Hall–Kier alpha value is -1.40. The summed E-state index contributed by atoms with van der Waals surface area (Å²) in [6, 6.07) is 2.07. The van der Waals surface area contributed by atoms with Crippen LogP contribution in [0.5, 0.6) is 0 Å². The van der Waals surface area contributed by atoms with E-state index >= 15 is 0 Å². The van der Waals surface area contributed by atoms with Gasteiger partial charge >= 0.3 is 0 Å². The van der Waals surface area contributed by atoms with Gasteiger partial charge in [0, 0.05) is 26.1 Å². The molecule has 0 aromatic carbocycles. The third-order valence-electron chi connectivity index (χ3n) is 3.83. The molecule has 1 aliphatic rings. The van der Waals surface area contributed by atoms with E-state index in [-0.39, 0.29) is 0 Å². The highest BCUT2D eigenvalue weighted by molar-refractivity contribution is 7.16. The van der Waals surface area contributed by atoms with E-state index in [1.54, 1.807) is 11.3 Å². The average molecular weight is 292 g/mol. The summed E-state index contributed by atoms with van der Waals surface area (Å²) in [7, 11) is 1.84. The molecule has 2 aromatic heterocycles. The first kappa shape index (κ1) is 13.6. The lowest BCUT2D eigenvalue weighted by molar-refractivity contribution is 0.0900. The van der Waals surface area contributed by atoms with Crippen molar-refractivity contribution in [3.8, 4) is 0 Å². The van der Waals surface area contributed by atoms with E-state index in [0.717, 1.165) is 42.0 Å². The lowest BCUT2D eigenvalue weighted by atomic mass is 10.00. The molecule has 0 radical (unpaired) electrons. The smallest absolute Gasteiger partial charge is 0.225 e. The van der Waals surface area contributed by atoms with Crippen LogP contribution >= 0.6 is 11.3 Å². The molecule has 0 aliphatic carbocycles. The van der Waals surface area contributed by atoms with E-state index in [2.05, 4.69) is 39.0 Å². The van der Waals surface area contributed by atoms with Gasteiger partial charge in [-0.05, 0) is 24.3 Å². The summed E-state index contributed by atoms with van der Waals surface area (Å²) >= 11 is 1.64. The highest BCUT2D eigenvalue weighted by Gasteiger charge is 2.26. The molecule has 0 bridgehead atoms. The SMILES string of the molecule is CCC1OCCC1CNc1nc(NC)nc2sccc12. The molecule has 3 rings (SSSR count). The van der Waals surface area contributed by atoms with Gasteiger partial charge in [0.2, 0.25) is 5.95 Å². The highest BCUT2D eigenvalue weighted by Crippen LogP contribution is 2.28. The van der Waals surface area contributed by atoms with Gasteiger partial charge in [0.05, 0.1) is 11.5 Å². The van der Waals surface area contributed by atoms with Gasteiger partial charge in [-0.25, -0.2) is 4.98 Å². The van der Waals surface area contributed by atoms with Crippen molar-refractivity contribution in [3.63, 3.8) is 0 Å². The van der Waals surface area contributed by atoms with E-state index in [9.17, 15) is 0 Å². The Morgan fingerprint density at radius 1 is 1.45 bits per heavy atom. The van der Waals surface area contributed by atoms with Gasteiger partial charge < -0.3 is 15.4 Å². The molecule has 2 N–H and O–H groups in total. The molecule has 0 amide bonds. The highest BCUT2D eigenvalue weighted by atomic mass is 32.1. The number of nitrogens with zero attached hydrogens (tertiary/aromatic N) is 2. The van der Waals surface area contributed by atoms with Crippen molar-refractivity contribution >= 4 is 33.3 Å². The van der Waals surface area contributed by atoms with Crippen LogP contribution in [0.1, 0.15) is 19.8 Å². The van der Waals surface area contributed by atoms with Crippen molar-refractivity contribution in [2.75, 3.05) is 30.8 Å². The van der Waals surface area contributed by atoms with E-state index < -0.39 is 0 Å². The van der Waals surface area contributed by atoms with Gasteiger partial charge in [-0.3, -0.25) is 0 Å². The zero-order chi connectivity index (χ0) is 13.9. The van der Waals surface area contributed by atoms with E-state index in [1.165, 1.54) is 0 Å². The van der Waals surface area contributed by atoms with Crippen LogP contribution in [0, 0.1) is 5.92 Å². The maximum atomic E-state index is 5.74. The zero-order valence-corrected chi connectivity index (χ0v) is 12.7. The summed E-state index contributed by atoms with van der Waals surface area (Å²) < 4.78 is 5.74. The molecule has 1 fully saturated rings. The molecule has 0 spiro atoms. The minimum atomic E-state index is 0.381. The molecule has 108 valence electrons. The standard InChI is InChI=1S/C14H20N4OS/c1-3-11-9(4-6-19-11)8-16-12-10-5-7-20-13(10)18-14(15-2)17-12/h5,7,9,11H,3-4,6,8H2,1-2H3,(H2,15,16,17,18). The topological polar surface area (TPSA) is 59.1 Å². The van der Waals surface area contributed by atoms with Crippen molar-refractivity contribution in [3.05, 3.63) is 11.4 Å². The normalized spacial score (nSPS) is 22.3. The second kappa shape index (κ2) is 5.93. The van der Waals surface area contributed by atoms with Gasteiger partial charge in [0.25, 0.3) is 0 Å². The fourth-order valence-electron chi connectivity index (χ4n) is 2.71. The van der Waals surface area contributed by atoms with Crippen LogP contribution in [0.15, 0.2) is 11.4 Å². The minimum absolute atomic E-state index is 0.381. The Kier molecular flexibility index (Phi) is 4.03. The first-order valence-electron chi connectivity index (χ1n) is 7.10. The molecule has 6 heteroatoms. The summed E-state index contributed by atoms with van der Waals surface area (Å²) in [4.78, 5) is 10.0. The maximum Gasteiger partial charge on any atom is 0.225 e. The summed E-state index contributed by atoms with van der Waals surface area (Å²) in [6.07, 6.45) is 2.58. The van der Waals surface area contributed by atoms with Crippen LogP contribution in [0.25, 0.3) is 10.2 Å². The van der Waals surface area contributed by atoms with Gasteiger partial charge in [-0.15, -0.1) is 11.3 Å². The Labute approximate surface area is 122 Å². The maximum absolute atomic E-state index is 5.74. The summed E-state index contributed by atoms with van der Waals surface area (Å²) in [5.41, 5.74) is 0. The van der Waals surface area contributed by atoms with Crippen molar-refractivity contribution in [1.29, 1.82) is 0 Å². The summed E-state index contributed by atoms with van der Waals surface area (Å²) in [5, 5.41) is 9.66. The van der Waals surface area contributed by atoms with Crippen LogP contribution < -0.4 is 10.6 Å².